The summed E-state index contributed by atoms with van der Waals surface area (Å²) in [4.78, 5) is 31.1. The summed E-state index contributed by atoms with van der Waals surface area (Å²) in [6.45, 7) is 1.04. The van der Waals surface area contributed by atoms with Crippen molar-refractivity contribution in [3.8, 4) is 11.5 Å². The normalized spacial score (nSPS) is 16.3. The first-order valence-electron chi connectivity index (χ1n) is 12.5. The monoisotopic (exact) mass is 560 g/mol. The van der Waals surface area contributed by atoms with Crippen LogP contribution in [0.1, 0.15) is 39.2 Å². The second-order valence-corrected chi connectivity index (χ2v) is 10.4. The fraction of sp³-hybridized carbons (Fsp3) is 0.357. The predicted molar refractivity (Wildman–Crippen MR) is 137 cm³/mol. The highest BCUT2D eigenvalue weighted by molar-refractivity contribution is 7.09. The van der Waals surface area contributed by atoms with Gasteiger partial charge in [0, 0.05) is 30.1 Å². The molecule has 5 rings (SSSR count). The Morgan fingerprint density at radius 3 is 2.56 bits per heavy atom. The molecule has 2 aliphatic rings. The largest absolute Gasteiger partial charge is 0.454 e. The molecule has 1 saturated heterocycles. The summed E-state index contributed by atoms with van der Waals surface area (Å²) in [5, 5.41) is 1.92. The van der Waals surface area contributed by atoms with E-state index in [-0.39, 0.29) is 44.0 Å². The van der Waals surface area contributed by atoms with Gasteiger partial charge < -0.3 is 24.0 Å². The number of carbonyl (C=O) groups excluding carboxylic acids is 2. The lowest BCUT2D eigenvalue weighted by molar-refractivity contribution is -0.137. The second kappa shape index (κ2) is 11.7. The third kappa shape index (κ3) is 6.72. The Bertz CT molecular complexity index is 1310. The molecule has 2 aliphatic heterocycles. The molecule has 39 heavy (non-hydrogen) atoms. The van der Waals surface area contributed by atoms with Gasteiger partial charge in [-0.05, 0) is 60.2 Å². The van der Waals surface area contributed by atoms with E-state index in [1.807, 2.05) is 29.6 Å². The lowest BCUT2D eigenvalue weighted by Crippen LogP contribution is -2.45. The average Bonchev–Trinajstić information content (AvgIpc) is 3.70. The number of hydrogen-bond donors (Lipinski definition) is 0. The summed E-state index contributed by atoms with van der Waals surface area (Å²) in [6, 6.07) is 13.5. The van der Waals surface area contributed by atoms with Crippen molar-refractivity contribution in [3.63, 3.8) is 0 Å². The molecule has 0 bridgehead atoms. The maximum Gasteiger partial charge on any atom is 0.416 e. The van der Waals surface area contributed by atoms with Gasteiger partial charge in [-0.15, -0.1) is 11.3 Å². The number of fused-ring (bicyclic) bond motifs is 1. The quantitative estimate of drug-likeness (QED) is 0.353. The topological polar surface area (TPSA) is 68.3 Å². The smallest absolute Gasteiger partial charge is 0.416 e. The Hall–Kier alpha value is -3.57. The zero-order valence-corrected chi connectivity index (χ0v) is 21.8. The minimum absolute atomic E-state index is 0.109. The van der Waals surface area contributed by atoms with Crippen LogP contribution in [0.15, 0.2) is 60.0 Å². The number of ether oxygens (including phenoxy) is 3. The Morgan fingerprint density at radius 2 is 1.82 bits per heavy atom. The van der Waals surface area contributed by atoms with E-state index in [0.29, 0.717) is 31.1 Å². The summed E-state index contributed by atoms with van der Waals surface area (Å²) in [7, 11) is 0. The number of carbonyl (C=O) groups is 2. The van der Waals surface area contributed by atoms with E-state index in [1.165, 1.54) is 28.4 Å². The number of hydrogen-bond acceptors (Lipinski definition) is 6. The van der Waals surface area contributed by atoms with Crippen molar-refractivity contribution in [1.82, 2.24) is 9.80 Å². The molecule has 0 N–H and O–H groups in total. The van der Waals surface area contributed by atoms with Crippen LogP contribution in [-0.4, -0.2) is 54.2 Å². The predicted octanol–water partition coefficient (Wildman–Crippen LogP) is 5.35. The Kier molecular flexibility index (Phi) is 8.08. The van der Waals surface area contributed by atoms with Gasteiger partial charge in [-0.25, -0.2) is 0 Å². The first kappa shape index (κ1) is 27.0. The lowest BCUT2D eigenvalue weighted by atomic mass is 10.1. The van der Waals surface area contributed by atoms with E-state index in [4.69, 9.17) is 14.2 Å². The van der Waals surface area contributed by atoms with Gasteiger partial charge in [0.2, 0.25) is 12.7 Å². The number of halogens is 3. The van der Waals surface area contributed by atoms with Gasteiger partial charge in [-0.1, -0.05) is 18.2 Å². The molecule has 0 saturated carbocycles. The van der Waals surface area contributed by atoms with Crippen LogP contribution in [0.5, 0.6) is 11.5 Å². The maximum absolute atomic E-state index is 13.7. The van der Waals surface area contributed by atoms with E-state index in [1.54, 1.807) is 11.0 Å². The molecule has 2 amide bonds. The van der Waals surface area contributed by atoms with Crippen molar-refractivity contribution in [2.24, 2.45) is 0 Å². The number of amides is 2. The van der Waals surface area contributed by atoms with Gasteiger partial charge in [0.25, 0.3) is 5.91 Å². The number of nitrogens with zero attached hydrogens (tertiary/aromatic N) is 2. The third-order valence-electron chi connectivity index (χ3n) is 6.59. The Labute approximate surface area is 227 Å². The highest BCUT2D eigenvalue weighted by atomic mass is 32.1. The summed E-state index contributed by atoms with van der Waals surface area (Å²) >= 11 is 1.51. The van der Waals surface area contributed by atoms with Crippen LogP contribution in [0, 0.1) is 0 Å². The molecule has 7 nitrogen and oxygen atoms in total. The highest BCUT2D eigenvalue weighted by Crippen LogP contribution is 2.33. The van der Waals surface area contributed by atoms with Gasteiger partial charge in [0.05, 0.1) is 18.2 Å². The molecular formula is C28H27F3N2O5S. The molecule has 1 fully saturated rings. The SMILES string of the molecule is O=C(CN(CC1CCCO1)C(=O)c1cccc(C(F)(F)F)c1)N(Cc1ccc2c(c1)OCO2)Cc1cccs1. The third-order valence-corrected chi connectivity index (χ3v) is 7.45. The Morgan fingerprint density at radius 1 is 0.974 bits per heavy atom. The summed E-state index contributed by atoms with van der Waals surface area (Å²) in [5.74, 6) is 0.239. The fourth-order valence-corrected chi connectivity index (χ4v) is 5.33. The fourth-order valence-electron chi connectivity index (χ4n) is 4.61. The molecule has 11 heteroatoms. The van der Waals surface area contributed by atoms with Crippen molar-refractivity contribution in [1.29, 1.82) is 0 Å². The average molecular weight is 561 g/mol. The van der Waals surface area contributed by atoms with Crippen LogP contribution in [-0.2, 0) is 28.8 Å². The minimum atomic E-state index is -4.59. The molecule has 206 valence electrons. The molecule has 1 unspecified atom stereocenters. The van der Waals surface area contributed by atoms with Crippen molar-refractivity contribution in [2.75, 3.05) is 26.5 Å². The van der Waals surface area contributed by atoms with Crippen molar-refractivity contribution in [2.45, 2.75) is 38.2 Å². The number of rotatable bonds is 9. The van der Waals surface area contributed by atoms with Crippen LogP contribution in [0.3, 0.4) is 0 Å². The number of benzene rings is 2. The van der Waals surface area contributed by atoms with Crippen LogP contribution < -0.4 is 9.47 Å². The molecule has 2 aromatic carbocycles. The zero-order chi connectivity index (χ0) is 27.4. The number of thiophene rings is 1. The van der Waals surface area contributed by atoms with Crippen molar-refractivity contribution >= 4 is 23.2 Å². The highest BCUT2D eigenvalue weighted by Gasteiger charge is 2.32. The minimum Gasteiger partial charge on any atom is -0.454 e. The first-order valence-corrected chi connectivity index (χ1v) is 13.4. The summed E-state index contributed by atoms with van der Waals surface area (Å²) < 4.78 is 56.5. The Balaban J connectivity index is 1.38. The first-order chi connectivity index (χ1) is 18.8. The number of alkyl halides is 3. The van der Waals surface area contributed by atoms with Gasteiger partial charge in [0.15, 0.2) is 11.5 Å². The molecule has 0 aliphatic carbocycles. The van der Waals surface area contributed by atoms with E-state index >= 15 is 0 Å². The molecule has 0 spiro atoms. The van der Waals surface area contributed by atoms with E-state index < -0.39 is 17.6 Å². The summed E-state index contributed by atoms with van der Waals surface area (Å²) in [5.41, 5.74) is -0.228. The van der Waals surface area contributed by atoms with E-state index in [9.17, 15) is 22.8 Å². The van der Waals surface area contributed by atoms with E-state index in [2.05, 4.69) is 0 Å². The molecule has 0 radical (unpaired) electrons. The van der Waals surface area contributed by atoms with Crippen LogP contribution in [0.4, 0.5) is 13.2 Å². The van der Waals surface area contributed by atoms with Crippen molar-refractivity contribution < 1.29 is 37.0 Å². The summed E-state index contributed by atoms with van der Waals surface area (Å²) in [6.07, 6.45) is -3.35. The van der Waals surface area contributed by atoms with Gasteiger partial charge in [-0.2, -0.15) is 13.2 Å². The molecule has 3 heterocycles. The van der Waals surface area contributed by atoms with Gasteiger partial charge in [-0.3, -0.25) is 9.59 Å². The van der Waals surface area contributed by atoms with Crippen LogP contribution >= 0.6 is 11.3 Å². The molecule has 1 aromatic heterocycles. The van der Waals surface area contributed by atoms with Crippen molar-refractivity contribution in [3.05, 3.63) is 81.5 Å². The lowest BCUT2D eigenvalue weighted by Gasteiger charge is -2.29. The van der Waals surface area contributed by atoms with Gasteiger partial charge >= 0.3 is 6.18 Å². The molecule has 1 atom stereocenters. The zero-order valence-electron chi connectivity index (χ0n) is 21.0. The molecular weight excluding hydrogens is 533 g/mol. The van der Waals surface area contributed by atoms with E-state index in [0.717, 1.165) is 29.0 Å². The van der Waals surface area contributed by atoms with Crippen LogP contribution in [0.25, 0.3) is 0 Å². The molecule has 3 aromatic rings. The van der Waals surface area contributed by atoms with Crippen LogP contribution in [0.2, 0.25) is 0 Å². The standard InChI is InChI=1S/C28H27F3N2O5S/c29-28(30,31)21-5-1-4-20(13-21)27(35)33(15-22-6-2-10-36-22)17-26(34)32(16-23-7-3-11-39-23)14-19-8-9-24-25(12-19)38-18-37-24/h1,3-5,7-9,11-13,22H,2,6,10,14-18H2. The van der Waals surface area contributed by atoms with Gasteiger partial charge in [0.1, 0.15) is 6.54 Å². The maximum atomic E-state index is 13.7. The second-order valence-electron chi connectivity index (χ2n) is 9.42.